The normalized spacial score (nSPS) is 10.5. The Kier molecular flexibility index (Phi) is 8.57. The Morgan fingerprint density at radius 3 is 2.66 bits per heavy atom. The largest absolute Gasteiger partial charge is 0.497 e. The SMILES string of the molecule is CCCN(CCC(=O)Nc1nnc(-c2cccc(Br)c2)s1)C(=O)Nc1cccc(OC)c1. The van der Waals surface area contributed by atoms with E-state index in [9.17, 15) is 9.59 Å². The third-order valence-corrected chi connectivity index (χ3v) is 5.83. The average Bonchev–Trinajstić information content (AvgIpc) is 3.25. The van der Waals surface area contributed by atoms with Gasteiger partial charge in [-0.3, -0.25) is 4.79 Å². The maximum atomic E-state index is 12.7. The minimum atomic E-state index is -0.263. The van der Waals surface area contributed by atoms with Crippen LogP contribution in [-0.4, -0.2) is 47.2 Å². The van der Waals surface area contributed by atoms with Crippen LogP contribution in [0.5, 0.6) is 5.75 Å². The molecule has 0 fully saturated rings. The number of hydrogen-bond acceptors (Lipinski definition) is 6. The molecule has 2 N–H and O–H groups in total. The van der Waals surface area contributed by atoms with Gasteiger partial charge in [0.15, 0.2) is 0 Å². The van der Waals surface area contributed by atoms with Crippen LogP contribution in [0, 0.1) is 0 Å². The number of nitrogens with zero attached hydrogens (tertiary/aromatic N) is 3. The van der Waals surface area contributed by atoms with Gasteiger partial charge < -0.3 is 20.3 Å². The van der Waals surface area contributed by atoms with Crippen LogP contribution in [0.25, 0.3) is 10.6 Å². The number of hydrogen-bond donors (Lipinski definition) is 2. The molecule has 2 aromatic carbocycles. The van der Waals surface area contributed by atoms with E-state index in [4.69, 9.17) is 4.74 Å². The summed E-state index contributed by atoms with van der Waals surface area (Å²) in [6, 6.07) is 14.6. The van der Waals surface area contributed by atoms with E-state index in [1.165, 1.54) is 11.3 Å². The molecule has 0 saturated heterocycles. The van der Waals surface area contributed by atoms with E-state index in [1.54, 1.807) is 36.3 Å². The molecule has 0 unspecified atom stereocenters. The summed E-state index contributed by atoms with van der Waals surface area (Å²) in [6.07, 6.45) is 0.927. The van der Waals surface area contributed by atoms with Crippen LogP contribution in [0.2, 0.25) is 0 Å². The molecule has 3 amide bonds. The number of urea groups is 1. The number of carbonyl (C=O) groups excluding carboxylic acids is 2. The van der Waals surface area contributed by atoms with Gasteiger partial charge in [0.2, 0.25) is 11.0 Å². The Hall–Kier alpha value is -2.98. The lowest BCUT2D eigenvalue weighted by molar-refractivity contribution is -0.116. The number of anilines is 2. The minimum absolute atomic E-state index is 0.150. The van der Waals surface area contributed by atoms with Crippen LogP contribution in [0.1, 0.15) is 19.8 Å². The maximum Gasteiger partial charge on any atom is 0.321 e. The Morgan fingerprint density at radius 1 is 1.09 bits per heavy atom. The van der Waals surface area contributed by atoms with Crippen LogP contribution in [0.15, 0.2) is 53.0 Å². The van der Waals surface area contributed by atoms with E-state index in [0.717, 1.165) is 16.5 Å². The fraction of sp³-hybridized carbons (Fsp3) is 0.273. The quantitative estimate of drug-likeness (QED) is 0.404. The third-order valence-electron chi connectivity index (χ3n) is 4.45. The number of methoxy groups -OCH3 is 1. The second-order valence-electron chi connectivity index (χ2n) is 6.87. The van der Waals surface area contributed by atoms with Crippen LogP contribution >= 0.6 is 27.3 Å². The highest BCUT2D eigenvalue weighted by Gasteiger charge is 2.16. The lowest BCUT2D eigenvalue weighted by atomic mass is 10.2. The summed E-state index contributed by atoms with van der Waals surface area (Å²) < 4.78 is 6.13. The Balaban J connectivity index is 1.55. The molecule has 8 nitrogen and oxygen atoms in total. The lowest BCUT2D eigenvalue weighted by Crippen LogP contribution is -2.37. The van der Waals surface area contributed by atoms with Crippen LogP contribution in [0.3, 0.4) is 0 Å². The summed E-state index contributed by atoms with van der Waals surface area (Å²) >= 11 is 4.74. The fourth-order valence-electron chi connectivity index (χ4n) is 2.92. The summed E-state index contributed by atoms with van der Waals surface area (Å²) in [4.78, 5) is 26.7. The van der Waals surface area contributed by atoms with E-state index in [2.05, 4.69) is 36.8 Å². The summed E-state index contributed by atoms with van der Waals surface area (Å²) in [5.74, 6) is 0.431. The first-order valence-electron chi connectivity index (χ1n) is 10.1. The monoisotopic (exact) mass is 517 g/mol. The van der Waals surface area contributed by atoms with Crippen molar-refractivity contribution >= 4 is 50.0 Å². The highest BCUT2D eigenvalue weighted by Crippen LogP contribution is 2.28. The molecule has 10 heteroatoms. The summed E-state index contributed by atoms with van der Waals surface area (Å²) in [6.45, 7) is 2.80. The summed E-state index contributed by atoms with van der Waals surface area (Å²) in [5.41, 5.74) is 1.55. The number of ether oxygens (including phenoxy) is 1. The van der Waals surface area contributed by atoms with Gasteiger partial charge in [0.25, 0.3) is 0 Å². The number of halogens is 1. The zero-order chi connectivity index (χ0) is 22.9. The molecule has 0 aliphatic heterocycles. The molecule has 168 valence electrons. The van der Waals surface area contributed by atoms with Crippen LogP contribution in [0.4, 0.5) is 15.6 Å². The van der Waals surface area contributed by atoms with Crippen LogP contribution in [-0.2, 0) is 4.79 Å². The maximum absolute atomic E-state index is 12.7. The molecule has 1 heterocycles. The topological polar surface area (TPSA) is 96.5 Å². The molecule has 32 heavy (non-hydrogen) atoms. The smallest absolute Gasteiger partial charge is 0.321 e. The molecule has 0 saturated carbocycles. The molecule has 0 aliphatic rings. The molecule has 1 aromatic heterocycles. The van der Waals surface area contributed by atoms with Gasteiger partial charge in [0.1, 0.15) is 10.8 Å². The van der Waals surface area contributed by atoms with Crippen molar-refractivity contribution < 1.29 is 14.3 Å². The number of carbonyl (C=O) groups is 2. The second kappa shape index (κ2) is 11.6. The molecule has 3 aromatic rings. The molecule has 3 rings (SSSR count). The van der Waals surface area contributed by atoms with E-state index in [1.807, 2.05) is 31.2 Å². The summed E-state index contributed by atoms with van der Waals surface area (Å²) in [7, 11) is 1.57. The fourth-order valence-corrected chi connectivity index (χ4v) is 4.07. The predicted octanol–water partition coefficient (Wildman–Crippen LogP) is 5.25. The van der Waals surface area contributed by atoms with Gasteiger partial charge in [-0.15, -0.1) is 10.2 Å². The molecule has 0 atom stereocenters. The van der Waals surface area contributed by atoms with E-state index < -0.39 is 0 Å². The molecular formula is C22H24BrN5O3S. The molecule has 0 radical (unpaired) electrons. The van der Waals surface area contributed by atoms with E-state index >= 15 is 0 Å². The van der Waals surface area contributed by atoms with Gasteiger partial charge in [-0.05, 0) is 30.7 Å². The van der Waals surface area contributed by atoms with Gasteiger partial charge in [0, 0.05) is 41.3 Å². The van der Waals surface area contributed by atoms with Crippen molar-refractivity contribution in [1.29, 1.82) is 0 Å². The van der Waals surface area contributed by atoms with Crippen molar-refractivity contribution in [3.63, 3.8) is 0 Å². The Morgan fingerprint density at radius 2 is 1.91 bits per heavy atom. The highest BCUT2D eigenvalue weighted by atomic mass is 79.9. The van der Waals surface area contributed by atoms with Crippen molar-refractivity contribution in [2.24, 2.45) is 0 Å². The van der Waals surface area contributed by atoms with Gasteiger partial charge in [-0.25, -0.2) is 4.79 Å². The second-order valence-corrected chi connectivity index (χ2v) is 8.76. The first kappa shape index (κ1) is 23.7. The molecule has 0 bridgehead atoms. The van der Waals surface area contributed by atoms with Crippen LogP contribution < -0.4 is 15.4 Å². The van der Waals surface area contributed by atoms with E-state index in [0.29, 0.717) is 28.1 Å². The highest BCUT2D eigenvalue weighted by molar-refractivity contribution is 9.10. The molecular weight excluding hydrogens is 494 g/mol. The first-order chi connectivity index (χ1) is 15.5. The van der Waals surface area contributed by atoms with Gasteiger partial charge in [-0.1, -0.05) is 52.4 Å². The zero-order valence-corrected chi connectivity index (χ0v) is 20.2. The van der Waals surface area contributed by atoms with Crippen molar-refractivity contribution in [3.8, 4) is 16.3 Å². The van der Waals surface area contributed by atoms with Gasteiger partial charge >= 0.3 is 6.03 Å². The summed E-state index contributed by atoms with van der Waals surface area (Å²) in [5, 5.41) is 15.0. The van der Waals surface area contributed by atoms with Crippen molar-refractivity contribution in [2.45, 2.75) is 19.8 Å². The number of nitrogens with one attached hydrogen (secondary N) is 2. The lowest BCUT2D eigenvalue weighted by Gasteiger charge is -2.22. The number of aromatic nitrogens is 2. The standard InChI is InChI=1S/C22H24BrN5O3S/c1-3-11-28(22(30)24-17-8-5-9-18(14-17)31-2)12-10-19(29)25-21-27-26-20(32-21)15-6-4-7-16(23)13-15/h4-9,13-14H,3,10-12H2,1-2H3,(H,24,30)(H,25,27,29). The average molecular weight is 518 g/mol. The Labute approximate surface area is 199 Å². The number of amides is 3. The number of rotatable bonds is 9. The van der Waals surface area contributed by atoms with E-state index in [-0.39, 0.29) is 24.9 Å². The molecule has 0 spiro atoms. The van der Waals surface area contributed by atoms with Crippen molar-refractivity contribution in [2.75, 3.05) is 30.8 Å². The molecule has 0 aliphatic carbocycles. The predicted molar refractivity (Wildman–Crippen MR) is 130 cm³/mol. The van der Waals surface area contributed by atoms with Crippen molar-refractivity contribution in [1.82, 2.24) is 15.1 Å². The number of benzene rings is 2. The third kappa shape index (κ3) is 6.76. The van der Waals surface area contributed by atoms with Gasteiger partial charge in [-0.2, -0.15) is 0 Å². The van der Waals surface area contributed by atoms with Gasteiger partial charge in [0.05, 0.1) is 7.11 Å². The Bertz CT molecular complexity index is 1070. The minimum Gasteiger partial charge on any atom is -0.497 e. The van der Waals surface area contributed by atoms with Crippen molar-refractivity contribution in [3.05, 3.63) is 53.0 Å². The first-order valence-corrected chi connectivity index (χ1v) is 11.7. The zero-order valence-electron chi connectivity index (χ0n) is 17.8.